The van der Waals surface area contributed by atoms with Gasteiger partial charge in [0.1, 0.15) is 17.3 Å². The predicted molar refractivity (Wildman–Crippen MR) is 148 cm³/mol. The molecule has 0 saturated heterocycles. The van der Waals surface area contributed by atoms with E-state index >= 15 is 0 Å². The van der Waals surface area contributed by atoms with Gasteiger partial charge >= 0.3 is 0 Å². The lowest BCUT2D eigenvalue weighted by Crippen LogP contribution is -2.05. The third-order valence-electron chi connectivity index (χ3n) is 5.20. The Morgan fingerprint density at radius 1 is 0.914 bits per heavy atom. The fourth-order valence-electron chi connectivity index (χ4n) is 3.43. The maximum atomic E-state index is 10.1. The molecule has 6 N–H and O–H groups in total. The molecule has 0 bridgehead atoms. The van der Waals surface area contributed by atoms with Gasteiger partial charge in [0.25, 0.3) is 0 Å². The molecule has 190 valence electrons. The number of allylic oxidation sites excluding steroid dienone is 8. The van der Waals surface area contributed by atoms with Crippen LogP contribution in [0.1, 0.15) is 65.5 Å². The number of nitrogen functional groups attached to an aromatic ring is 1. The van der Waals surface area contributed by atoms with E-state index in [0.717, 1.165) is 46.6 Å². The number of aliphatic hydroxyl groups excluding tert-OH is 1. The molecule has 0 amide bonds. The first-order valence-electron chi connectivity index (χ1n) is 12.4. The number of ether oxygens (including phenoxy) is 1. The van der Waals surface area contributed by atoms with E-state index in [2.05, 4.69) is 0 Å². The van der Waals surface area contributed by atoms with Gasteiger partial charge in [0, 0.05) is 30.3 Å². The van der Waals surface area contributed by atoms with Crippen LogP contribution in [0.2, 0.25) is 0 Å². The first-order chi connectivity index (χ1) is 16.8. The highest BCUT2D eigenvalue weighted by atomic mass is 16.5. The van der Waals surface area contributed by atoms with Crippen LogP contribution in [-0.4, -0.2) is 10.2 Å². The third-order valence-corrected chi connectivity index (χ3v) is 5.20. The van der Waals surface area contributed by atoms with Gasteiger partial charge in [-0.25, -0.2) is 0 Å². The minimum absolute atomic E-state index is 0.227. The molecule has 2 aromatic rings. The molecular formula is C30H42N2O3. The Hall–Kier alpha value is -3.60. The number of anilines is 1. The van der Waals surface area contributed by atoms with Crippen molar-refractivity contribution in [2.24, 2.45) is 5.73 Å². The number of phenolic OH excluding ortho intramolecular Hbond substituents is 1. The Balaban J connectivity index is 0.00000145. The SMILES string of the molecule is C/C(=C\C(Cc1ccc(O)cc1)=C(/C)O)Cc1ccc(OC2=CC=C(N)CC2)cc1N.CC.CC. The average Bonchev–Trinajstić information content (AvgIpc) is 2.85. The lowest BCUT2D eigenvalue weighted by Gasteiger charge is -2.15. The smallest absolute Gasteiger partial charge is 0.129 e. The van der Waals surface area contributed by atoms with Crippen molar-refractivity contribution in [2.75, 3.05) is 5.73 Å². The van der Waals surface area contributed by atoms with Gasteiger partial charge in [-0.3, -0.25) is 0 Å². The quantitative estimate of drug-likeness (QED) is 0.188. The zero-order valence-corrected chi connectivity index (χ0v) is 22.1. The number of aromatic hydroxyl groups is 1. The van der Waals surface area contributed by atoms with E-state index in [1.54, 1.807) is 19.1 Å². The number of nitrogens with two attached hydrogens (primary N) is 2. The maximum Gasteiger partial charge on any atom is 0.129 e. The van der Waals surface area contributed by atoms with Gasteiger partial charge in [0.2, 0.25) is 0 Å². The number of rotatable bonds is 7. The minimum atomic E-state index is 0.227. The van der Waals surface area contributed by atoms with Crippen molar-refractivity contribution in [3.8, 4) is 11.5 Å². The summed E-state index contributed by atoms with van der Waals surface area (Å²) < 4.78 is 5.92. The van der Waals surface area contributed by atoms with Gasteiger partial charge in [0.15, 0.2) is 0 Å². The lowest BCUT2D eigenvalue weighted by molar-refractivity contribution is 0.400. The summed E-state index contributed by atoms with van der Waals surface area (Å²) in [6.07, 6.45) is 8.59. The van der Waals surface area contributed by atoms with Crippen molar-refractivity contribution in [1.29, 1.82) is 0 Å². The zero-order valence-electron chi connectivity index (χ0n) is 22.1. The number of aliphatic hydroxyl groups is 1. The predicted octanol–water partition coefficient (Wildman–Crippen LogP) is 7.49. The summed E-state index contributed by atoms with van der Waals surface area (Å²) in [5.41, 5.74) is 17.5. The van der Waals surface area contributed by atoms with Crippen LogP contribution in [0.4, 0.5) is 5.69 Å². The van der Waals surface area contributed by atoms with Crippen LogP contribution in [0.25, 0.3) is 0 Å². The van der Waals surface area contributed by atoms with Crippen LogP contribution in [0, 0.1) is 0 Å². The van der Waals surface area contributed by atoms with E-state index in [-0.39, 0.29) is 11.5 Å². The summed E-state index contributed by atoms with van der Waals surface area (Å²) in [6, 6.07) is 12.7. The van der Waals surface area contributed by atoms with E-state index in [1.807, 2.05) is 83.2 Å². The van der Waals surface area contributed by atoms with Gasteiger partial charge in [-0.05, 0) is 73.7 Å². The van der Waals surface area contributed by atoms with Crippen molar-refractivity contribution < 1.29 is 14.9 Å². The van der Waals surface area contributed by atoms with E-state index in [4.69, 9.17) is 16.2 Å². The molecule has 1 aliphatic rings. The normalized spacial score (nSPS) is 13.7. The van der Waals surface area contributed by atoms with Crippen molar-refractivity contribution in [3.63, 3.8) is 0 Å². The fraction of sp³-hybridized carbons (Fsp3) is 0.333. The summed E-state index contributed by atoms with van der Waals surface area (Å²) in [4.78, 5) is 0. The molecule has 0 heterocycles. The van der Waals surface area contributed by atoms with Crippen molar-refractivity contribution >= 4 is 5.69 Å². The number of hydrogen-bond donors (Lipinski definition) is 4. The summed E-state index contributed by atoms with van der Waals surface area (Å²) in [6.45, 7) is 11.7. The molecule has 0 spiro atoms. The molecular weight excluding hydrogens is 436 g/mol. The van der Waals surface area contributed by atoms with Gasteiger partial charge in [-0.2, -0.15) is 0 Å². The monoisotopic (exact) mass is 478 g/mol. The van der Waals surface area contributed by atoms with Crippen LogP contribution in [0.5, 0.6) is 11.5 Å². The Kier molecular flexibility index (Phi) is 12.9. The molecule has 35 heavy (non-hydrogen) atoms. The summed E-state index contributed by atoms with van der Waals surface area (Å²) in [7, 11) is 0. The highest BCUT2D eigenvalue weighted by Crippen LogP contribution is 2.27. The molecule has 1 aliphatic carbocycles. The minimum Gasteiger partial charge on any atom is -0.512 e. The molecule has 0 saturated carbocycles. The van der Waals surface area contributed by atoms with E-state index in [9.17, 15) is 10.2 Å². The zero-order chi connectivity index (χ0) is 26.4. The lowest BCUT2D eigenvalue weighted by atomic mass is 9.98. The molecule has 0 fully saturated rings. The molecule has 0 unspecified atom stereocenters. The van der Waals surface area contributed by atoms with Gasteiger partial charge in [-0.15, -0.1) is 0 Å². The third kappa shape index (κ3) is 10.0. The largest absolute Gasteiger partial charge is 0.512 e. The first-order valence-corrected chi connectivity index (χ1v) is 12.4. The fourth-order valence-corrected chi connectivity index (χ4v) is 3.43. The number of phenols is 1. The average molecular weight is 479 g/mol. The van der Waals surface area contributed by atoms with Crippen LogP contribution in [-0.2, 0) is 12.8 Å². The molecule has 0 atom stereocenters. The number of hydrogen-bond acceptors (Lipinski definition) is 5. The van der Waals surface area contributed by atoms with Crippen molar-refractivity contribution in [2.45, 2.75) is 67.2 Å². The van der Waals surface area contributed by atoms with Crippen LogP contribution in [0.15, 0.2) is 89.1 Å². The van der Waals surface area contributed by atoms with E-state index < -0.39 is 0 Å². The Morgan fingerprint density at radius 2 is 1.57 bits per heavy atom. The summed E-state index contributed by atoms with van der Waals surface area (Å²) >= 11 is 0. The maximum absolute atomic E-state index is 10.1. The molecule has 0 aliphatic heterocycles. The second-order valence-electron chi connectivity index (χ2n) is 7.96. The molecule has 5 heteroatoms. The van der Waals surface area contributed by atoms with E-state index in [1.165, 1.54) is 0 Å². The molecule has 0 aromatic heterocycles. The topological polar surface area (TPSA) is 102 Å². The van der Waals surface area contributed by atoms with E-state index in [0.29, 0.717) is 24.3 Å². The second kappa shape index (κ2) is 15.3. The van der Waals surface area contributed by atoms with Crippen molar-refractivity contribution in [1.82, 2.24) is 0 Å². The summed E-state index contributed by atoms with van der Waals surface area (Å²) in [5, 5.41) is 19.6. The van der Waals surface area contributed by atoms with Crippen LogP contribution in [0.3, 0.4) is 0 Å². The molecule has 5 nitrogen and oxygen atoms in total. The second-order valence-corrected chi connectivity index (χ2v) is 7.96. The Labute approximate surface area is 211 Å². The molecule has 3 rings (SSSR count). The highest BCUT2D eigenvalue weighted by Gasteiger charge is 2.09. The highest BCUT2D eigenvalue weighted by molar-refractivity contribution is 5.53. The van der Waals surface area contributed by atoms with Crippen LogP contribution >= 0.6 is 0 Å². The Bertz CT molecular complexity index is 1060. The Morgan fingerprint density at radius 3 is 2.11 bits per heavy atom. The number of benzene rings is 2. The first kappa shape index (κ1) is 29.4. The van der Waals surface area contributed by atoms with Gasteiger partial charge in [0.05, 0.1) is 5.76 Å². The van der Waals surface area contributed by atoms with Gasteiger partial charge in [-0.1, -0.05) is 57.5 Å². The van der Waals surface area contributed by atoms with Crippen LogP contribution < -0.4 is 16.2 Å². The van der Waals surface area contributed by atoms with Crippen molar-refractivity contribution in [3.05, 3.63) is 100 Å². The molecule has 2 aromatic carbocycles. The molecule has 0 radical (unpaired) electrons. The summed E-state index contributed by atoms with van der Waals surface area (Å²) in [5.74, 6) is 2.09. The van der Waals surface area contributed by atoms with Gasteiger partial charge < -0.3 is 26.4 Å². The standard InChI is InChI=1S/C26H30N2O3.2C2H6/c1-17(14-21(18(2)29)15-19-3-8-23(30)9-4-19)13-20-5-10-25(16-26(20)28)31-24-11-6-22(27)7-12-24;2*1-2/h3-6,8-11,14,16,29-30H,7,12-13,15,27-28H2,1-2H3;2*1-2H3/b17-14+,21-18-;;.